The molecule has 1 aromatic heterocycles. The van der Waals surface area contributed by atoms with E-state index in [1.54, 1.807) is 11.6 Å². The van der Waals surface area contributed by atoms with E-state index in [2.05, 4.69) is 10.3 Å². The number of ether oxygens (including phenoxy) is 2. The van der Waals surface area contributed by atoms with E-state index in [1.807, 2.05) is 19.1 Å². The van der Waals surface area contributed by atoms with E-state index in [1.165, 1.54) is 11.3 Å². The van der Waals surface area contributed by atoms with Crippen LogP contribution in [0, 0.1) is 6.92 Å². The van der Waals surface area contributed by atoms with Crippen LogP contribution >= 0.6 is 11.3 Å². The summed E-state index contributed by atoms with van der Waals surface area (Å²) in [4.78, 5) is 17.1. The molecule has 0 aliphatic carbocycles. The summed E-state index contributed by atoms with van der Waals surface area (Å²) in [7, 11) is 0. The van der Waals surface area contributed by atoms with Crippen molar-refractivity contribution in [2.45, 2.75) is 13.3 Å². The van der Waals surface area contributed by atoms with Crippen molar-refractivity contribution in [1.82, 2.24) is 4.98 Å². The fourth-order valence-electron chi connectivity index (χ4n) is 1.97. The van der Waals surface area contributed by atoms with Gasteiger partial charge in [0.1, 0.15) is 13.2 Å². The fraction of sp³-hybridized carbons (Fsp3) is 0.286. The van der Waals surface area contributed by atoms with E-state index in [0.29, 0.717) is 36.8 Å². The van der Waals surface area contributed by atoms with Gasteiger partial charge < -0.3 is 14.8 Å². The predicted octanol–water partition coefficient (Wildman–Crippen LogP) is 2.40. The number of fused-ring (bicyclic) bond motifs is 1. The van der Waals surface area contributed by atoms with Crippen molar-refractivity contribution in [3.8, 4) is 11.5 Å². The number of amides is 1. The number of anilines is 1. The highest BCUT2D eigenvalue weighted by molar-refractivity contribution is 7.09. The third-order valence-corrected chi connectivity index (χ3v) is 3.93. The Balaban J connectivity index is 1.68. The van der Waals surface area contributed by atoms with Crippen LogP contribution in [0.25, 0.3) is 0 Å². The number of benzene rings is 1. The average molecular weight is 290 g/mol. The molecule has 0 saturated heterocycles. The zero-order valence-corrected chi connectivity index (χ0v) is 11.8. The summed E-state index contributed by atoms with van der Waals surface area (Å²) in [5, 5.41) is 2.86. The van der Waals surface area contributed by atoms with Gasteiger partial charge in [-0.2, -0.15) is 0 Å². The van der Waals surface area contributed by atoms with E-state index in [-0.39, 0.29) is 5.91 Å². The third kappa shape index (κ3) is 2.75. The van der Waals surface area contributed by atoms with Crippen LogP contribution in [0.3, 0.4) is 0 Å². The normalized spacial score (nSPS) is 13.1. The SMILES string of the molecule is Cc1ncsc1CC(=O)Nc1ccc2c(c1)OCCO2. The number of carbonyl (C=O) groups is 1. The molecule has 6 heteroatoms. The summed E-state index contributed by atoms with van der Waals surface area (Å²) in [6, 6.07) is 5.40. The molecule has 2 aromatic rings. The Morgan fingerprint density at radius 3 is 2.90 bits per heavy atom. The molecule has 1 aliphatic rings. The molecule has 1 N–H and O–H groups in total. The lowest BCUT2D eigenvalue weighted by atomic mass is 10.2. The molecular weight excluding hydrogens is 276 g/mol. The summed E-state index contributed by atoms with van der Waals surface area (Å²) >= 11 is 1.49. The number of nitrogens with zero attached hydrogens (tertiary/aromatic N) is 1. The topological polar surface area (TPSA) is 60.5 Å². The largest absolute Gasteiger partial charge is 0.486 e. The fourth-order valence-corrected chi connectivity index (χ4v) is 2.74. The maximum atomic E-state index is 12.0. The van der Waals surface area contributed by atoms with Crippen molar-refractivity contribution in [3.63, 3.8) is 0 Å². The molecular formula is C14H14N2O3S. The maximum absolute atomic E-state index is 12.0. The maximum Gasteiger partial charge on any atom is 0.229 e. The highest BCUT2D eigenvalue weighted by Gasteiger charge is 2.13. The van der Waals surface area contributed by atoms with Gasteiger partial charge in [0.2, 0.25) is 5.91 Å². The van der Waals surface area contributed by atoms with Gasteiger partial charge in [-0.05, 0) is 19.1 Å². The number of nitrogens with one attached hydrogen (secondary N) is 1. The molecule has 0 spiro atoms. The van der Waals surface area contributed by atoms with Gasteiger partial charge in [0.15, 0.2) is 11.5 Å². The van der Waals surface area contributed by atoms with Crippen LogP contribution < -0.4 is 14.8 Å². The van der Waals surface area contributed by atoms with Crippen molar-refractivity contribution in [2.75, 3.05) is 18.5 Å². The van der Waals surface area contributed by atoms with Crippen LogP contribution in [0.1, 0.15) is 10.6 Å². The van der Waals surface area contributed by atoms with Crippen LogP contribution in [0.4, 0.5) is 5.69 Å². The summed E-state index contributed by atoms with van der Waals surface area (Å²) in [5.41, 5.74) is 3.37. The average Bonchev–Trinajstić information content (AvgIpc) is 2.84. The second-order valence-corrected chi connectivity index (χ2v) is 5.38. The Labute approximate surface area is 120 Å². The molecule has 0 saturated carbocycles. The van der Waals surface area contributed by atoms with Crippen LogP contribution in [-0.2, 0) is 11.2 Å². The van der Waals surface area contributed by atoms with Gasteiger partial charge in [0, 0.05) is 16.6 Å². The summed E-state index contributed by atoms with van der Waals surface area (Å²) in [6.07, 6.45) is 0.338. The van der Waals surface area contributed by atoms with Crippen molar-refractivity contribution in [1.29, 1.82) is 0 Å². The standard InChI is InChI=1S/C14H14N2O3S/c1-9-13(20-8-15-9)7-14(17)16-10-2-3-11-12(6-10)19-5-4-18-11/h2-3,6,8H,4-5,7H2,1H3,(H,16,17). The van der Waals surface area contributed by atoms with Crippen LogP contribution in [0.2, 0.25) is 0 Å². The zero-order chi connectivity index (χ0) is 13.9. The molecule has 0 atom stereocenters. The first-order valence-corrected chi connectivity index (χ1v) is 7.19. The smallest absolute Gasteiger partial charge is 0.229 e. The zero-order valence-electron chi connectivity index (χ0n) is 11.0. The molecule has 0 bridgehead atoms. The van der Waals surface area contributed by atoms with Gasteiger partial charge in [-0.15, -0.1) is 11.3 Å². The number of hydrogen-bond acceptors (Lipinski definition) is 5. The number of thiazole rings is 1. The lowest BCUT2D eigenvalue weighted by Gasteiger charge is -2.19. The minimum atomic E-state index is -0.0611. The Bertz CT molecular complexity index is 639. The number of aromatic nitrogens is 1. The first-order valence-electron chi connectivity index (χ1n) is 6.31. The van der Waals surface area contributed by atoms with E-state index in [9.17, 15) is 4.79 Å². The van der Waals surface area contributed by atoms with Crippen molar-refractivity contribution in [2.24, 2.45) is 0 Å². The first-order chi connectivity index (χ1) is 9.72. The van der Waals surface area contributed by atoms with Gasteiger partial charge >= 0.3 is 0 Å². The Kier molecular flexibility index (Phi) is 3.56. The molecule has 2 heterocycles. The van der Waals surface area contributed by atoms with E-state index in [0.717, 1.165) is 10.6 Å². The van der Waals surface area contributed by atoms with Gasteiger partial charge in [0.05, 0.1) is 17.6 Å². The molecule has 104 valence electrons. The Morgan fingerprint density at radius 2 is 2.15 bits per heavy atom. The minimum Gasteiger partial charge on any atom is -0.486 e. The molecule has 0 unspecified atom stereocenters. The van der Waals surface area contributed by atoms with Gasteiger partial charge in [-0.25, -0.2) is 4.98 Å². The monoisotopic (exact) mass is 290 g/mol. The lowest BCUT2D eigenvalue weighted by molar-refractivity contribution is -0.115. The molecule has 1 amide bonds. The summed E-state index contributed by atoms with van der Waals surface area (Å²) in [6.45, 7) is 3.00. The molecule has 0 radical (unpaired) electrons. The highest BCUT2D eigenvalue weighted by Crippen LogP contribution is 2.32. The molecule has 3 rings (SSSR count). The highest BCUT2D eigenvalue weighted by atomic mass is 32.1. The first kappa shape index (κ1) is 12.9. The lowest BCUT2D eigenvalue weighted by Crippen LogP contribution is -2.17. The summed E-state index contributed by atoms with van der Waals surface area (Å²) in [5.74, 6) is 1.32. The third-order valence-electron chi connectivity index (χ3n) is 2.99. The number of rotatable bonds is 3. The second kappa shape index (κ2) is 5.50. The quantitative estimate of drug-likeness (QED) is 0.943. The van der Waals surface area contributed by atoms with Gasteiger partial charge in [-0.1, -0.05) is 0 Å². The van der Waals surface area contributed by atoms with Crippen molar-refractivity contribution < 1.29 is 14.3 Å². The molecule has 0 fully saturated rings. The number of aryl methyl sites for hydroxylation is 1. The van der Waals surface area contributed by atoms with Gasteiger partial charge in [-0.3, -0.25) is 4.79 Å². The summed E-state index contributed by atoms with van der Waals surface area (Å²) < 4.78 is 10.9. The molecule has 20 heavy (non-hydrogen) atoms. The molecule has 1 aliphatic heterocycles. The van der Waals surface area contributed by atoms with Crippen LogP contribution in [-0.4, -0.2) is 24.1 Å². The molecule has 5 nitrogen and oxygen atoms in total. The molecule has 1 aromatic carbocycles. The van der Waals surface area contributed by atoms with E-state index in [4.69, 9.17) is 9.47 Å². The Hall–Kier alpha value is -2.08. The van der Waals surface area contributed by atoms with Crippen LogP contribution in [0.5, 0.6) is 11.5 Å². The van der Waals surface area contributed by atoms with Gasteiger partial charge in [0.25, 0.3) is 0 Å². The second-order valence-electron chi connectivity index (χ2n) is 4.44. The number of carbonyl (C=O) groups excluding carboxylic acids is 1. The number of hydrogen-bond donors (Lipinski definition) is 1. The minimum absolute atomic E-state index is 0.0611. The predicted molar refractivity (Wildman–Crippen MR) is 76.6 cm³/mol. The van der Waals surface area contributed by atoms with E-state index >= 15 is 0 Å². The van der Waals surface area contributed by atoms with Crippen molar-refractivity contribution >= 4 is 22.9 Å². The Morgan fingerprint density at radius 1 is 1.35 bits per heavy atom. The van der Waals surface area contributed by atoms with E-state index < -0.39 is 0 Å². The van der Waals surface area contributed by atoms with Crippen molar-refractivity contribution in [3.05, 3.63) is 34.3 Å². The van der Waals surface area contributed by atoms with Crippen LogP contribution in [0.15, 0.2) is 23.7 Å².